The summed E-state index contributed by atoms with van der Waals surface area (Å²) in [5, 5.41) is 3.84. The van der Waals surface area contributed by atoms with E-state index in [0.29, 0.717) is 5.15 Å². The van der Waals surface area contributed by atoms with Crippen molar-refractivity contribution in [3.63, 3.8) is 0 Å². The lowest BCUT2D eigenvalue weighted by Gasteiger charge is -2.13. The van der Waals surface area contributed by atoms with E-state index in [1.165, 1.54) is 4.90 Å². The highest BCUT2D eigenvalue weighted by molar-refractivity contribution is 7.98. The number of nitrogens with zero attached hydrogens (tertiary/aromatic N) is 2. The van der Waals surface area contributed by atoms with E-state index in [9.17, 15) is 0 Å². The lowest BCUT2D eigenvalue weighted by Crippen LogP contribution is -2.05. The summed E-state index contributed by atoms with van der Waals surface area (Å²) in [6.45, 7) is 6.03. The normalized spacial score (nSPS) is 10.9. The first-order valence-corrected chi connectivity index (χ1v) is 8.06. The highest BCUT2D eigenvalue weighted by Crippen LogP contribution is 2.27. The van der Waals surface area contributed by atoms with Crippen LogP contribution >= 0.6 is 23.4 Å². The van der Waals surface area contributed by atoms with Gasteiger partial charge in [0.15, 0.2) is 0 Å². The van der Waals surface area contributed by atoms with Crippen LogP contribution in [0.2, 0.25) is 5.15 Å². The van der Waals surface area contributed by atoms with Gasteiger partial charge in [0.1, 0.15) is 16.8 Å². The number of halogens is 1. The predicted molar refractivity (Wildman–Crippen MR) is 87.4 cm³/mol. The number of aromatic nitrogens is 2. The second-order valence-electron chi connectivity index (χ2n) is 4.86. The summed E-state index contributed by atoms with van der Waals surface area (Å²) >= 11 is 7.90. The Hall–Kier alpha value is -1.26. The molecular weight excluding hydrogens is 290 g/mol. The Morgan fingerprint density at radius 1 is 1.25 bits per heavy atom. The molecule has 0 saturated carbocycles. The number of anilines is 2. The summed E-state index contributed by atoms with van der Waals surface area (Å²) in [4.78, 5) is 10.1. The molecule has 3 nitrogen and oxygen atoms in total. The molecule has 0 fully saturated rings. The second-order valence-corrected chi connectivity index (χ2v) is 6.10. The molecule has 1 heterocycles. The molecule has 0 aliphatic heterocycles. The molecular formula is C15H18ClN3S. The van der Waals surface area contributed by atoms with E-state index in [4.69, 9.17) is 11.6 Å². The van der Waals surface area contributed by atoms with Crippen molar-refractivity contribution < 1.29 is 0 Å². The van der Waals surface area contributed by atoms with Gasteiger partial charge in [-0.05, 0) is 31.4 Å². The minimum atomic E-state index is 0.242. The highest BCUT2D eigenvalue weighted by Gasteiger charge is 2.12. The minimum absolute atomic E-state index is 0.242. The van der Waals surface area contributed by atoms with Crippen LogP contribution in [0, 0.1) is 6.92 Å². The van der Waals surface area contributed by atoms with Crippen LogP contribution < -0.4 is 5.32 Å². The third-order valence-electron chi connectivity index (χ3n) is 2.95. The van der Waals surface area contributed by atoms with Gasteiger partial charge >= 0.3 is 0 Å². The number of rotatable bonds is 4. The summed E-state index contributed by atoms with van der Waals surface area (Å²) in [6, 6.07) is 8.21. The Labute approximate surface area is 129 Å². The van der Waals surface area contributed by atoms with E-state index in [1.54, 1.807) is 11.8 Å². The smallest absolute Gasteiger partial charge is 0.138 e. The largest absolute Gasteiger partial charge is 0.340 e. The molecule has 0 radical (unpaired) electrons. The van der Waals surface area contributed by atoms with Crippen LogP contribution in [0.3, 0.4) is 0 Å². The maximum Gasteiger partial charge on any atom is 0.138 e. The number of hydrogen-bond acceptors (Lipinski definition) is 4. The van der Waals surface area contributed by atoms with Crippen LogP contribution in [0.5, 0.6) is 0 Å². The molecule has 1 N–H and O–H groups in total. The molecule has 106 valence electrons. The molecule has 5 heteroatoms. The van der Waals surface area contributed by atoms with E-state index < -0.39 is 0 Å². The predicted octanol–water partition coefficient (Wildman–Crippen LogP) is 5.03. The van der Waals surface area contributed by atoms with Crippen molar-refractivity contribution in [1.29, 1.82) is 0 Å². The third-order valence-corrected chi connectivity index (χ3v) is 4.05. The molecule has 0 amide bonds. The average molecular weight is 308 g/mol. The molecule has 1 aromatic carbocycles. The van der Waals surface area contributed by atoms with Gasteiger partial charge in [-0.3, -0.25) is 0 Å². The number of benzene rings is 1. The molecule has 2 rings (SSSR count). The quantitative estimate of drug-likeness (QED) is 0.635. The zero-order chi connectivity index (χ0) is 14.7. The van der Waals surface area contributed by atoms with Crippen molar-refractivity contribution in [3.05, 3.63) is 40.8 Å². The zero-order valence-corrected chi connectivity index (χ0v) is 13.6. The first kappa shape index (κ1) is 15.1. The van der Waals surface area contributed by atoms with Gasteiger partial charge in [-0.15, -0.1) is 11.8 Å². The number of thioether (sulfide) groups is 1. The summed E-state index contributed by atoms with van der Waals surface area (Å²) in [7, 11) is 0. The zero-order valence-electron chi connectivity index (χ0n) is 12.1. The Morgan fingerprint density at radius 3 is 2.65 bits per heavy atom. The van der Waals surface area contributed by atoms with E-state index in [1.807, 2.05) is 19.1 Å². The van der Waals surface area contributed by atoms with Crippen LogP contribution in [0.25, 0.3) is 0 Å². The molecule has 2 aromatic rings. The average Bonchev–Trinajstić information content (AvgIpc) is 2.43. The Morgan fingerprint density at radius 2 is 2.00 bits per heavy atom. The molecule has 0 bridgehead atoms. The van der Waals surface area contributed by atoms with E-state index in [2.05, 4.69) is 47.5 Å². The van der Waals surface area contributed by atoms with Crippen molar-refractivity contribution in [2.75, 3.05) is 11.6 Å². The molecule has 0 aliphatic rings. The Bertz CT molecular complexity index is 614. The monoisotopic (exact) mass is 307 g/mol. The summed E-state index contributed by atoms with van der Waals surface area (Å²) < 4.78 is 0. The summed E-state index contributed by atoms with van der Waals surface area (Å²) in [5.74, 6) is 1.77. The van der Waals surface area contributed by atoms with Crippen LogP contribution in [0.1, 0.15) is 31.2 Å². The van der Waals surface area contributed by atoms with Gasteiger partial charge in [0.25, 0.3) is 0 Å². The SMILES string of the molecule is CSc1cccc(Nc2nc(C(C)C)nc(Cl)c2C)c1. The molecule has 0 spiro atoms. The number of hydrogen-bond donors (Lipinski definition) is 1. The van der Waals surface area contributed by atoms with Crippen molar-refractivity contribution in [3.8, 4) is 0 Å². The standard InChI is InChI=1S/C15H18ClN3S/c1-9(2)14-18-13(16)10(3)15(19-14)17-11-6-5-7-12(8-11)20-4/h5-9H,1-4H3,(H,17,18,19). The molecule has 0 unspecified atom stereocenters. The van der Waals surface area contributed by atoms with Crippen LogP contribution in [0.15, 0.2) is 29.2 Å². The van der Waals surface area contributed by atoms with Gasteiger partial charge in [-0.25, -0.2) is 9.97 Å². The van der Waals surface area contributed by atoms with Gasteiger partial charge in [-0.2, -0.15) is 0 Å². The highest BCUT2D eigenvalue weighted by atomic mass is 35.5. The molecule has 0 atom stereocenters. The van der Waals surface area contributed by atoms with Crippen molar-refractivity contribution in [2.24, 2.45) is 0 Å². The fraction of sp³-hybridized carbons (Fsp3) is 0.333. The van der Waals surface area contributed by atoms with E-state index >= 15 is 0 Å². The fourth-order valence-electron chi connectivity index (χ4n) is 1.72. The van der Waals surface area contributed by atoms with E-state index in [-0.39, 0.29) is 5.92 Å². The van der Waals surface area contributed by atoms with Crippen molar-refractivity contribution >= 4 is 34.9 Å². The first-order chi connectivity index (χ1) is 9.51. The lowest BCUT2D eigenvalue weighted by molar-refractivity contribution is 0.773. The molecule has 1 aromatic heterocycles. The third kappa shape index (κ3) is 3.44. The summed E-state index contributed by atoms with van der Waals surface area (Å²) in [6.07, 6.45) is 2.06. The topological polar surface area (TPSA) is 37.8 Å². The molecule has 0 saturated heterocycles. The maximum atomic E-state index is 6.19. The fourth-order valence-corrected chi connectivity index (χ4v) is 2.36. The minimum Gasteiger partial charge on any atom is -0.340 e. The molecule has 20 heavy (non-hydrogen) atoms. The second kappa shape index (κ2) is 6.46. The van der Waals surface area contributed by atoms with Gasteiger partial charge < -0.3 is 5.32 Å². The van der Waals surface area contributed by atoms with Gasteiger partial charge in [0.05, 0.1) is 0 Å². The van der Waals surface area contributed by atoms with Crippen molar-refractivity contribution in [2.45, 2.75) is 31.6 Å². The maximum absolute atomic E-state index is 6.19. The summed E-state index contributed by atoms with van der Waals surface area (Å²) in [5.41, 5.74) is 1.87. The lowest BCUT2D eigenvalue weighted by atomic mass is 10.2. The Balaban J connectivity index is 2.37. The van der Waals surface area contributed by atoms with Crippen LogP contribution in [-0.2, 0) is 0 Å². The van der Waals surface area contributed by atoms with Crippen LogP contribution in [-0.4, -0.2) is 16.2 Å². The Kier molecular flexibility index (Phi) is 4.89. The molecule has 0 aliphatic carbocycles. The number of nitrogens with one attached hydrogen (secondary N) is 1. The van der Waals surface area contributed by atoms with Gasteiger partial charge in [-0.1, -0.05) is 31.5 Å². The van der Waals surface area contributed by atoms with E-state index in [0.717, 1.165) is 22.9 Å². The van der Waals surface area contributed by atoms with Gasteiger partial charge in [0.2, 0.25) is 0 Å². The van der Waals surface area contributed by atoms with Crippen molar-refractivity contribution in [1.82, 2.24) is 9.97 Å². The van der Waals surface area contributed by atoms with Gasteiger partial charge in [0, 0.05) is 22.1 Å². The van der Waals surface area contributed by atoms with Crippen LogP contribution in [0.4, 0.5) is 11.5 Å². The first-order valence-electron chi connectivity index (χ1n) is 6.46.